The predicted octanol–water partition coefficient (Wildman–Crippen LogP) is 1.72. The Labute approximate surface area is 84.5 Å². The van der Waals surface area contributed by atoms with Gasteiger partial charge in [-0.2, -0.15) is 0 Å². The second kappa shape index (κ2) is 4.19. The minimum atomic E-state index is -1.13. The average Bonchev–Trinajstić information content (AvgIpc) is 2.69. The van der Waals surface area contributed by atoms with Gasteiger partial charge in [-0.05, 0) is 24.6 Å². The summed E-state index contributed by atoms with van der Waals surface area (Å²) in [5, 5.41) is 0.0248. The van der Waals surface area contributed by atoms with E-state index in [0.29, 0.717) is 18.1 Å². The SMILES string of the molecule is O=S(c1cccc(F)c1)C1CCOC1. The van der Waals surface area contributed by atoms with Gasteiger partial charge in [-0.3, -0.25) is 4.21 Å². The van der Waals surface area contributed by atoms with Gasteiger partial charge in [-0.1, -0.05) is 6.07 Å². The Balaban J connectivity index is 2.17. The third-order valence-corrected chi connectivity index (χ3v) is 3.91. The van der Waals surface area contributed by atoms with E-state index in [9.17, 15) is 8.60 Å². The molecule has 1 aromatic rings. The van der Waals surface area contributed by atoms with E-state index in [0.717, 1.165) is 6.42 Å². The molecular weight excluding hydrogens is 203 g/mol. The third kappa shape index (κ3) is 2.01. The molecule has 0 radical (unpaired) electrons. The van der Waals surface area contributed by atoms with Gasteiger partial charge in [0.15, 0.2) is 0 Å². The summed E-state index contributed by atoms with van der Waals surface area (Å²) >= 11 is 0. The van der Waals surface area contributed by atoms with Gasteiger partial charge in [0.05, 0.1) is 22.7 Å². The molecule has 0 N–H and O–H groups in total. The smallest absolute Gasteiger partial charge is 0.124 e. The first-order valence-corrected chi connectivity index (χ1v) is 5.72. The van der Waals surface area contributed by atoms with Crippen molar-refractivity contribution in [3.05, 3.63) is 30.1 Å². The quantitative estimate of drug-likeness (QED) is 0.749. The Hall–Kier alpha value is -0.740. The van der Waals surface area contributed by atoms with E-state index in [2.05, 4.69) is 0 Å². The molecule has 4 heteroatoms. The summed E-state index contributed by atoms with van der Waals surface area (Å²) in [5.74, 6) is -0.338. The minimum Gasteiger partial charge on any atom is -0.380 e. The molecule has 1 fully saturated rings. The van der Waals surface area contributed by atoms with Gasteiger partial charge in [0.2, 0.25) is 0 Å². The predicted molar refractivity (Wildman–Crippen MR) is 52.0 cm³/mol. The zero-order chi connectivity index (χ0) is 9.97. The monoisotopic (exact) mass is 214 g/mol. The average molecular weight is 214 g/mol. The van der Waals surface area contributed by atoms with Gasteiger partial charge in [0.25, 0.3) is 0 Å². The third-order valence-electron chi connectivity index (χ3n) is 2.22. The van der Waals surface area contributed by atoms with E-state index < -0.39 is 10.8 Å². The Morgan fingerprint density at radius 2 is 2.36 bits per heavy atom. The van der Waals surface area contributed by atoms with Gasteiger partial charge in [0.1, 0.15) is 5.82 Å². The number of hydrogen-bond donors (Lipinski definition) is 0. The minimum absolute atomic E-state index is 0.0248. The van der Waals surface area contributed by atoms with E-state index in [1.54, 1.807) is 12.1 Å². The molecule has 1 aromatic carbocycles. The van der Waals surface area contributed by atoms with E-state index in [-0.39, 0.29) is 11.1 Å². The number of benzene rings is 1. The molecule has 0 aromatic heterocycles. The second-order valence-electron chi connectivity index (χ2n) is 3.24. The fourth-order valence-corrected chi connectivity index (χ4v) is 2.82. The molecule has 0 bridgehead atoms. The number of ether oxygens (including phenoxy) is 1. The van der Waals surface area contributed by atoms with Crippen molar-refractivity contribution < 1.29 is 13.3 Å². The van der Waals surface area contributed by atoms with Crippen LogP contribution in [0.1, 0.15) is 6.42 Å². The summed E-state index contributed by atoms with van der Waals surface area (Å²) in [5.41, 5.74) is 0. The first kappa shape index (κ1) is 9.80. The molecule has 1 aliphatic rings. The van der Waals surface area contributed by atoms with Crippen molar-refractivity contribution in [1.82, 2.24) is 0 Å². The van der Waals surface area contributed by atoms with Crippen LogP contribution in [-0.2, 0) is 15.5 Å². The highest BCUT2D eigenvalue weighted by Gasteiger charge is 2.23. The van der Waals surface area contributed by atoms with Gasteiger partial charge in [0, 0.05) is 11.5 Å². The zero-order valence-corrected chi connectivity index (χ0v) is 8.43. The Morgan fingerprint density at radius 3 is 3.00 bits per heavy atom. The molecule has 2 unspecified atom stereocenters. The van der Waals surface area contributed by atoms with Crippen molar-refractivity contribution in [2.75, 3.05) is 13.2 Å². The van der Waals surface area contributed by atoms with Crippen molar-refractivity contribution in [3.63, 3.8) is 0 Å². The number of rotatable bonds is 2. The largest absolute Gasteiger partial charge is 0.380 e. The second-order valence-corrected chi connectivity index (χ2v) is 4.97. The highest BCUT2D eigenvalue weighted by molar-refractivity contribution is 7.85. The van der Waals surface area contributed by atoms with E-state index in [1.165, 1.54) is 12.1 Å². The van der Waals surface area contributed by atoms with Crippen LogP contribution < -0.4 is 0 Å². The topological polar surface area (TPSA) is 26.3 Å². The summed E-state index contributed by atoms with van der Waals surface area (Å²) < 4.78 is 29.9. The molecule has 0 amide bonds. The van der Waals surface area contributed by atoms with E-state index in [1.807, 2.05) is 0 Å². The lowest BCUT2D eigenvalue weighted by Crippen LogP contribution is -2.14. The van der Waals surface area contributed by atoms with Crippen LogP contribution in [0.25, 0.3) is 0 Å². The van der Waals surface area contributed by atoms with Crippen LogP contribution in [0.3, 0.4) is 0 Å². The van der Waals surface area contributed by atoms with Crippen molar-refractivity contribution in [1.29, 1.82) is 0 Å². The van der Waals surface area contributed by atoms with Crippen LogP contribution in [0.15, 0.2) is 29.2 Å². The maximum Gasteiger partial charge on any atom is 0.124 e. The molecule has 2 rings (SSSR count). The first-order valence-electron chi connectivity index (χ1n) is 4.51. The first-order chi connectivity index (χ1) is 6.77. The van der Waals surface area contributed by atoms with Gasteiger partial charge < -0.3 is 4.74 Å². The fourth-order valence-electron chi connectivity index (χ4n) is 1.47. The lowest BCUT2D eigenvalue weighted by molar-refractivity contribution is 0.199. The molecule has 2 atom stereocenters. The summed E-state index contributed by atoms with van der Waals surface area (Å²) in [6.45, 7) is 1.18. The molecule has 14 heavy (non-hydrogen) atoms. The van der Waals surface area contributed by atoms with E-state index >= 15 is 0 Å². The van der Waals surface area contributed by atoms with Crippen molar-refractivity contribution in [2.45, 2.75) is 16.6 Å². The highest BCUT2D eigenvalue weighted by Crippen LogP contribution is 2.18. The summed E-state index contributed by atoms with van der Waals surface area (Å²) in [7, 11) is -1.13. The van der Waals surface area contributed by atoms with Crippen LogP contribution in [0.2, 0.25) is 0 Å². The zero-order valence-electron chi connectivity index (χ0n) is 7.61. The molecule has 1 aliphatic heterocycles. The Bertz CT molecular complexity index is 348. The summed E-state index contributed by atoms with van der Waals surface area (Å²) in [6.07, 6.45) is 0.795. The van der Waals surface area contributed by atoms with Gasteiger partial charge in [-0.15, -0.1) is 0 Å². The molecule has 76 valence electrons. The van der Waals surface area contributed by atoms with Gasteiger partial charge >= 0.3 is 0 Å². The van der Waals surface area contributed by atoms with Crippen molar-refractivity contribution in [3.8, 4) is 0 Å². The number of hydrogen-bond acceptors (Lipinski definition) is 2. The van der Waals surface area contributed by atoms with Crippen LogP contribution in [0, 0.1) is 5.82 Å². The van der Waals surface area contributed by atoms with Crippen LogP contribution in [0.5, 0.6) is 0 Å². The van der Waals surface area contributed by atoms with Crippen molar-refractivity contribution >= 4 is 10.8 Å². The molecule has 2 nitrogen and oxygen atoms in total. The molecule has 0 saturated carbocycles. The molecule has 1 saturated heterocycles. The normalized spacial score (nSPS) is 23.6. The Morgan fingerprint density at radius 1 is 1.50 bits per heavy atom. The fraction of sp³-hybridized carbons (Fsp3) is 0.400. The lowest BCUT2D eigenvalue weighted by atomic mass is 10.3. The molecule has 0 spiro atoms. The lowest BCUT2D eigenvalue weighted by Gasteiger charge is -2.07. The van der Waals surface area contributed by atoms with Crippen LogP contribution in [-0.4, -0.2) is 22.7 Å². The van der Waals surface area contributed by atoms with Crippen LogP contribution in [0.4, 0.5) is 4.39 Å². The van der Waals surface area contributed by atoms with E-state index in [4.69, 9.17) is 4.74 Å². The molecular formula is C10H11FO2S. The Kier molecular flexibility index (Phi) is 2.93. The van der Waals surface area contributed by atoms with Gasteiger partial charge in [-0.25, -0.2) is 4.39 Å². The summed E-state index contributed by atoms with van der Waals surface area (Å²) in [4.78, 5) is 0.556. The van der Waals surface area contributed by atoms with Crippen LogP contribution >= 0.6 is 0 Å². The maximum atomic E-state index is 12.8. The highest BCUT2D eigenvalue weighted by atomic mass is 32.2. The standard InChI is InChI=1S/C10H11FO2S/c11-8-2-1-3-9(6-8)14(12)10-4-5-13-7-10/h1-3,6,10H,4-5,7H2. The molecule has 0 aliphatic carbocycles. The molecule has 1 heterocycles. The maximum absolute atomic E-state index is 12.8. The van der Waals surface area contributed by atoms with Crippen molar-refractivity contribution in [2.24, 2.45) is 0 Å². The summed E-state index contributed by atoms with van der Waals surface area (Å²) in [6, 6.07) is 5.95. The number of halogens is 1.